The first-order valence-electron chi connectivity index (χ1n) is 6.59. The third-order valence-corrected chi connectivity index (χ3v) is 3.61. The molecule has 4 nitrogen and oxygen atoms in total. The Morgan fingerprint density at radius 2 is 2.26 bits per heavy atom. The lowest BCUT2D eigenvalue weighted by Crippen LogP contribution is -2.24. The Balaban J connectivity index is 1.96. The van der Waals surface area contributed by atoms with Gasteiger partial charge >= 0.3 is 0 Å². The molecule has 1 N–H and O–H groups in total. The summed E-state index contributed by atoms with van der Waals surface area (Å²) in [5.74, 6) is 0.944. The van der Waals surface area contributed by atoms with E-state index in [1.54, 1.807) is 7.11 Å². The van der Waals surface area contributed by atoms with Crippen LogP contribution in [0, 0.1) is 0 Å². The van der Waals surface area contributed by atoms with E-state index in [0.717, 1.165) is 22.2 Å². The Bertz CT molecular complexity index is 626. The van der Waals surface area contributed by atoms with Crippen LogP contribution in [-0.2, 0) is 7.05 Å². The number of nitrogens with zero attached hydrogens (tertiary/aromatic N) is 1. The van der Waals surface area contributed by atoms with Gasteiger partial charge in [0, 0.05) is 30.2 Å². The van der Waals surface area contributed by atoms with Gasteiger partial charge in [0.2, 0.25) is 0 Å². The van der Waals surface area contributed by atoms with Crippen LogP contribution in [0.4, 0.5) is 0 Å². The van der Waals surface area contributed by atoms with Gasteiger partial charge < -0.3 is 14.6 Å². The van der Waals surface area contributed by atoms with Crippen LogP contribution in [0.15, 0.2) is 24.4 Å². The number of para-hydroxylation sites is 1. The lowest BCUT2D eigenvalue weighted by molar-refractivity contribution is 0.0992. The lowest BCUT2D eigenvalue weighted by atomic mass is 10.1. The predicted octanol–water partition coefficient (Wildman–Crippen LogP) is 2.12. The van der Waals surface area contributed by atoms with E-state index in [9.17, 15) is 4.79 Å². The zero-order valence-corrected chi connectivity index (χ0v) is 11.3. The number of hydrogen-bond donors (Lipinski definition) is 1. The Kier molecular flexibility index (Phi) is 3.03. The van der Waals surface area contributed by atoms with Gasteiger partial charge in [-0.05, 0) is 18.9 Å². The van der Waals surface area contributed by atoms with Crippen LogP contribution in [0.2, 0.25) is 0 Å². The molecule has 1 aliphatic rings. The summed E-state index contributed by atoms with van der Waals surface area (Å²) in [7, 11) is 3.59. The standard InChI is InChI=1S/C15H18N2O2/c1-17-9-12(13(18)8-16-10-6-7-10)11-4-3-5-14(19-2)15(11)17/h3-5,9-10,16H,6-8H2,1-2H3. The average Bonchev–Trinajstić information content (AvgIpc) is 3.19. The molecule has 0 bridgehead atoms. The van der Waals surface area contributed by atoms with Crippen LogP contribution in [-0.4, -0.2) is 30.0 Å². The maximum absolute atomic E-state index is 12.3. The molecule has 1 aromatic heterocycles. The van der Waals surface area contributed by atoms with E-state index in [0.29, 0.717) is 12.6 Å². The molecule has 0 aliphatic heterocycles. The van der Waals surface area contributed by atoms with Crippen molar-refractivity contribution >= 4 is 16.7 Å². The summed E-state index contributed by atoms with van der Waals surface area (Å²) in [6.07, 6.45) is 4.28. The van der Waals surface area contributed by atoms with Crippen LogP contribution in [0.25, 0.3) is 10.9 Å². The fourth-order valence-corrected chi connectivity index (χ4v) is 2.44. The maximum atomic E-state index is 12.3. The molecule has 100 valence electrons. The van der Waals surface area contributed by atoms with E-state index < -0.39 is 0 Å². The van der Waals surface area contributed by atoms with Crippen molar-refractivity contribution in [1.82, 2.24) is 9.88 Å². The van der Waals surface area contributed by atoms with Crippen molar-refractivity contribution in [2.45, 2.75) is 18.9 Å². The summed E-state index contributed by atoms with van der Waals surface area (Å²) >= 11 is 0. The molecule has 4 heteroatoms. The highest BCUT2D eigenvalue weighted by atomic mass is 16.5. The first-order chi connectivity index (χ1) is 9.20. The molecule has 0 unspecified atom stereocenters. The van der Waals surface area contributed by atoms with Crippen molar-refractivity contribution in [2.24, 2.45) is 7.05 Å². The highest BCUT2D eigenvalue weighted by Gasteiger charge is 2.23. The molecule has 1 heterocycles. The summed E-state index contributed by atoms with van der Waals surface area (Å²) in [5, 5.41) is 4.23. The summed E-state index contributed by atoms with van der Waals surface area (Å²) < 4.78 is 7.32. The number of benzene rings is 1. The third-order valence-electron chi connectivity index (χ3n) is 3.61. The number of rotatable bonds is 5. The average molecular weight is 258 g/mol. The number of nitrogens with one attached hydrogen (secondary N) is 1. The number of aromatic nitrogens is 1. The molecule has 0 saturated heterocycles. The molecule has 3 rings (SSSR count). The van der Waals surface area contributed by atoms with Gasteiger partial charge in [-0.3, -0.25) is 4.79 Å². The largest absolute Gasteiger partial charge is 0.495 e. The van der Waals surface area contributed by atoms with Gasteiger partial charge in [-0.15, -0.1) is 0 Å². The number of carbonyl (C=O) groups excluding carboxylic acids is 1. The van der Waals surface area contributed by atoms with Gasteiger partial charge in [0.05, 0.1) is 19.2 Å². The van der Waals surface area contributed by atoms with Crippen LogP contribution in [0.5, 0.6) is 5.75 Å². The fraction of sp³-hybridized carbons (Fsp3) is 0.400. The second-order valence-corrected chi connectivity index (χ2v) is 5.09. The van der Waals surface area contributed by atoms with E-state index in [-0.39, 0.29) is 5.78 Å². The van der Waals surface area contributed by atoms with E-state index in [4.69, 9.17) is 4.74 Å². The summed E-state index contributed by atoms with van der Waals surface area (Å²) in [6, 6.07) is 6.36. The zero-order chi connectivity index (χ0) is 13.4. The normalized spacial score (nSPS) is 14.8. The molecule has 0 radical (unpaired) electrons. The van der Waals surface area contributed by atoms with Crippen molar-refractivity contribution in [3.05, 3.63) is 30.0 Å². The van der Waals surface area contributed by atoms with Crippen molar-refractivity contribution < 1.29 is 9.53 Å². The Morgan fingerprint density at radius 3 is 2.95 bits per heavy atom. The molecular weight excluding hydrogens is 240 g/mol. The molecule has 0 amide bonds. The molecule has 1 fully saturated rings. The number of hydrogen-bond acceptors (Lipinski definition) is 3. The van der Waals surface area contributed by atoms with Crippen LogP contribution < -0.4 is 10.1 Å². The van der Waals surface area contributed by atoms with Gasteiger partial charge in [-0.2, -0.15) is 0 Å². The van der Waals surface area contributed by atoms with E-state index in [2.05, 4.69) is 5.32 Å². The minimum Gasteiger partial charge on any atom is -0.495 e. The monoisotopic (exact) mass is 258 g/mol. The zero-order valence-electron chi connectivity index (χ0n) is 11.3. The minimum atomic E-state index is 0.144. The van der Waals surface area contributed by atoms with Crippen LogP contribution in [0.1, 0.15) is 23.2 Å². The third kappa shape index (κ3) is 2.24. The van der Waals surface area contributed by atoms with E-state index in [1.165, 1.54) is 12.8 Å². The van der Waals surface area contributed by atoms with Gasteiger partial charge in [0.25, 0.3) is 0 Å². The quantitative estimate of drug-likeness (QED) is 0.835. The summed E-state index contributed by atoms with van der Waals surface area (Å²) in [5.41, 5.74) is 1.74. The number of methoxy groups -OCH3 is 1. The molecule has 1 saturated carbocycles. The Morgan fingerprint density at radius 1 is 1.47 bits per heavy atom. The number of carbonyl (C=O) groups is 1. The van der Waals surface area contributed by atoms with Gasteiger partial charge in [-0.25, -0.2) is 0 Å². The molecular formula is C15H18N2O2. The number of aryl methyl sites for hydroxylation is 1. The van der Waals surface area contributed by atoms with Gasteiger partial charge in [-0.1, -0.05) is 12.1 Å². The molecule has 0 spiro atoms. The van der Waals surface area contributed by atoms with E-state index >= 15 is 0 Å². The Labute approximate surface area is 112 Å². The van der Waals surface area contributed by atoms with Crippen molar-refractivity contribution in [2.75, 3.05) is 13.7 Å². The van der Waals surface area contributed by atoms with E-state index in [1.807, 2.05) is 36.0 Å². The number of Topliss-reactive ketones (excluding diaryl/α,β-unsaturated/α-hetero) is 1. The van der Waals surface area contributed by atoms with Crippen molar-refractivity contribution in [3.63, 3.8) is 0 Å². The van der Waals surface area contributed by atoms with Gasteiger partial charge in [0.1, 0.15) is 5.75 Å². The van der Waals surface area contributed by atoms with Crippen molar-refractivity contribution in [1.29, 1.82) is 0 Å². The number of fused-ring (bicyclic) bond motifs is 1. The molecule has 1 aromatic carbocycles. The minimum absolute atomic E-state index is 0.144. The topological polar surface area (TPSA) is 43.3 Å². The van der Waals surface area contributed by atoms with Crippen LogP contribution in [0.3, 0.4) is 0 Å². The number of ketones is 1. The summed E-state index contributed by atoms with van der Waals surface area (Å²) in [4.78, 5) is 12.3. The lowest BCUT2D eigenvalue weighted by Gasteiger charge is -2.04. The molecule has 19 heavy (non-hydrogen) atoms. The van der Waals surface area contributed by atoms with Crippen molar-refractivity contribution in [3.8, 4) is 5.75 Å². The second-order valence-electron chi connectivity index (χ2n) is 5.09. The summed E-state index contributed by atoms with van der Waals surface area (Å²) in [6.45, 7) is 0.418. The highest BCUT2D eigenvalue weighted by molar-refractivity contribution is 6.10. The highest BCUT2D eigenvalue weighted by Crippen LogP contribution is 2.29. The second kappa shape index (κ2) is 4.70. The maximum Gasteiger partial charge on any atom is 0.178 e. The number of ether oxygens (including phenoxy) is 1. The smallest absolute Gasteiger partial charge is 0.178 e. The first kappa shape index (κ1) is 12.2. The van der Waals surface area contributed by atoms with Crippen LogP contribution >= 0.6 is 0 Å². The van der Waals surface area contributed by atoms with Gasteiger partial charge in [0.15, 0.2) is 5.78 Å². The Hall–Kier alpha value is -1.81. The first-order valence-corrected chi connectivity index (χ1v) is 6.59. The fourth-order valence-electron chi connectivity index (χ4n) is 2.44. The predicted molar refractivity (Wildman–Crippen MR) is 74.8 cm³/mol. The molecule has 1 aliphatic carbocycles. The SMILES string of the molecule is COc1cccc2c(C(=O)CNC3CC3)cn(C)c12. The molecule has 0 atom stereocenters. The molecule has 2 aromatic rings.